The van der Waals surface area contributed by atoms with Crippen molar-refractivity contribution < 1.29 is 28.6 Å². The molecule has 1 saturated heterocycles. The Hall–Kier alpha value is -4.20. The highest BCUT2D eigenvalue weighted by Crippen LogP contribution is 2.44. The van der Waals surface area contributed by atoms with Crippen LogP contribution in [-0.2, 0) is 9.53 Å². The average Bonchev–Trinajstić information content (AvgIpc) is 3.45. The number of benzene rings is 3. The standard InChI is InChI=1S/C27H23FN2O5/c28-17-12-16(25(31)30-11-5-10-24(30)26(32)33)13-18(14-17)29-27(34)35-15-23-21-8-3-1-6-19(21)20-7-2-4-9-22(20)23/h1-4,6-9,12-14,23-24H,5,10-11,15H2,(H,29,34)(H,32,33)/t24-/m0/s1. The number of carbonyl (C=O) groups excluding carboxylic acids is 2. The Labute approximate surface area is 201 Å². The molecule has 0 bridgehead atoms. The topological polar surface area (TPSA) is 95.9 Å². The number of anilines is 1. The molecule has 0 saturated carbocycles. The number of likely N-dealkylation sites (tertiary alicyclic amines) is 1. The van der Waals surface area contributed by atoms with Gasteiger partial charge in [-0.15, -0.1) is 0 Å². The van der Waals surface area contributed by atoms with Gasteiger partial charge in [0.1, 0.15) is 18.5 Å². The van der Waals surface area contributed by atoms with Gasteiger partial charge in [-0.3, -0.25) is 10.1 Å². The molecule has 1 fully saturated rings. The Kier molecular flexibility index (Phi) is 5.94. The van der Waals surface area contributed by atoms with E-state index >= 15 is 0 Å². The maximum Gasteiger partial charge on any atom is 0.411 e. The molecule has 0 radical (unpaired) electrons. The summed E-state index contributed by atoms with van der Waals surface area (Å²) in [6, 6.07) is 18.4. The molecule has 2 amide bonds. The fourth-order valence-electron chi connectivity index (χ4n) is 4.97. The van der Waals surface area contributed by atoms with Crippen LogP contribution in [0.2, 0.25) is 0 Å². The molecule has 178 valence electrons. The fraction of sp³-hybridized carbons (Fsp3) is 0.222. The zero-order valence-electron chi connectivity index (χ0n) is 18.7. The van der Waals surface area contributed by atoms with Crippen molar-refractivity contribution in [2.45, 2.75) is 24.8 Å². The predicted molar refractivity (Wildman–Crippen MR) is 127 cm³/mol. The molecular formula is C27H23FN2O5. The van der Waals surface area contributed by atoms with Crippen LogP contribution < -0.4 is 5.32 Å². The molecule has 35 heavy (non-hydrogen) atoms. The van der Waals surface area contributed by atoms with Crippen molar-refractivity contribution in [2.24, 2.45) is 0 Å². The number of carboxylic acids is 1. The van der Waals surface area contributed by atoms with Crippen molar-refractivity contribution in [2.75, 3.05) is 18.5 Å². The van der Waals surface area contributed by atoms with Crippen LogP contribution in [0.5, 0.6) is 0 Å². The number of hydrogen-bond acceptors (Lipinski definition) is 4. The van der Waals surface area contributed by atoms with E-state index in [1.165, 1.54) is 11.0 Å². The fourth-order valence-corrected chi connectivity index (χ4v) is 4.97. The smallest absolute Gasteiger partial charge is 0.411 e. The number of aliphatic carboxylic acids is 1. The van der Waals surface area contributed by atoms with Gasteiger partial charge in [-0.2, -0.15) is 0 Å². The molecule has 0 aromatic heterocycles. The SMILES string of the molecule is O=C(Nc1cc(F)cc(C(=O)N2CCC[C@H]2C(=O)O)c1)OCC1c2ccccc2-c2ccccc21. The molecule has 5 rings (SSSR count). The second kappa shape index (κ2) is 9.21. The third-order valence-corrected chi connectivity index (χ3v) is 6.53. The first-order chi connectivity index (χ1) is 16.9. The Balaban J connectivity index is 1.28. The maximum absolute atomic E-state index is 14.3. The number of amides is 2. The Morgan fingerprint density at radius 2 is 1.66 bits per heavy atom. The summed E-state index contributed by atoms with van der Waals surface area (Å²) >= 11 is 0. The van der Waals surface area contributed by atoms with Gasteiger partial charge in [0, 0.05) is 23.7 Å². The summed E-state index contributed by atoms with van der Waals surface area (Å²) in [5.41, 5.74) is 4.36. The van der Waals surface area contributed by atoms with Gasteiger partial charge in [-0.1, -0.05) is 48.5 Å². The lowest BCUT2D eigenvalue weighted by Gasteiger charge is -2.21. The van der Waals surface area contributed by atoms with E-state index in [1.807, 2.05) is 48.5 Å². The monoisotopic (exact) mass is 474 g/mol. The number of ether oxygens (including phenoxy) is 1. The van der Waals surface area contributed by atoms with Gasteiger partial charge in [0.05, 0.1) is 0 Å². The number of nitrogens with one attached hydrogen (secondary N) is 1. The van der Waals surface area contributed by atoms with E-state index in [0.717, 1.165) is 34.4 Å². The van der Waals surface area contributed by atoms with E-state index in [1.54, 1.807) is 0 Å². The molecule has 0 unspecified atom stereocenters. The molecule has 2 N–H and O–H groups in total. The molecule has 3 aromatic carbocycles. The summed E-state index contributed by atoms with van der Waals surface area (Å²) in [5.74, 6) is -2.54. The summed E-state index contributed by atoms with van der Waals surface area (Å²) in [5, 5.41) is 11.8. The first-order valence-corrected chi connectivity index (χ1v) is 11.4. The number of carbonyl (C=O) groups is 3. The number of carboxylic acid groups (broad SMARTS) is 1. The quantitative estimate of drug-likeness (QED) is 0.550. The third kappa shape index (κ3) is 4.35. The zero-order chi connectivity index (χ0) is 24.5. The van der Waals surface area contributed by atoms with Gasteiger partial charge in [0.2, 0.25) is 0 Å². The minimum absolute atomic E-state index is 0.0351. The Bertz CT molecular complexity index is 1280. The number of rotatable bonds is 5. The number of hydrogen-bond donors (Lipinski definition) is 2. The van der Waals surface area contributed by atoms with E-state index in [9.17, 15) is 23.9 Å². The number of halogens is 1. The largest absolute Gasteiger partial charge is 0.480 e. The van der Waals surface area contributed by atoms with E-state index in [4.69, 9.17) is 4.74 Å². The average molecular weight is 474 g/mol. The summed E-state index contributed by atoms with van der Waals surface area (Å²) in [7, 11) is 0. The molecule has 8 heteroatoms. The van der Waals surface area contributed by atoms with E-state index in [-0.39, 0.29) is 30.3 Å². The van der Waals surface area contributed by atoms with Gasteiger partial charge < -0.3 is 14.7 Å². The molecule has 3 aromatic rings. The molecule has 1 atom stereocenters. The van der Waals surface area contributed by atoms with Crippen molar-refractivity contribution in [3.05, 3.63) is 89.2 Å². The lowest BCUT2D eigenvalue weighted by Crippen LogP contribution is -2.40. The van der Waals surface area contributed by atoms with E-state index in [2.05, 4.69) is 5.32 Å². The molecule has 0 spiro atoms. The zero-order valence-corrected chi connectivity index (χ0v) is 18.7. The second-order valence-electron chi connectivity index (χ2n) is 8.67. The van der Waals surface area contributed by atoms with E-state index in [0.29, 0.717) is 12.8 Å². The van der Waals surface area contributed by atoms with Crippen LogP contribution in [0.3, 0.4) is 0 Å². The normalized spacial score (nSPS) is 16.5. The van der Waals surface area contributed by atoms with Crippen LogP contribution in [0.15, 0.2) is 66.7 Å². The summed E-state index contributed by atoms with van der Waals surface area (Å²) in [4.78, 5) is 38.0. The predicted octanol–water partition coefficient (Wildman–Crippen LogP) is 4.88. The highest BCUT2D eigenvalue weighted by atomic mass is 19.1. The van der Waals surface area contributed by atoms with Gasteiger partial charge in [-0.25, -0.2) is 14.0 Å². The molecule has 2 aliphatic rings. The molecule has 1 aliphatic carbocycles. The Morgan fingerprint density at radius 1 is 1.00 bits per heavy atom. The highest BCUT2D eigenvalue weighted by Gasteiger charge is 2.35. The summed E-state index contributed by atoms with van der Waals surface area (Å²) < 4.78 is 19.8. The lowest BCUT2D eigenvalue weighted by molar-refractivity contribution is -0.141. The van der Waals surface area contributed by atoms with Crippen LogP contribution in [0.4, 0.5) is 14.9 Å². The van der Waals surface area contributed by atoms with Gasteiger partial charge in [0.25, 0.3) is 5.91 Å². The number of nitrogens with zero attached hydrogens (tertiary/aromatic N) is 1. The van der Waals surface area contributed by atoms with Crippen LogP contribution in [0, 0.1) is 5.82 Å². The molecule has 7 nitrogen and oxygen atoms in total. The van der Waals surface area contributed by atoms with Crippen molar-refractivity contribution in [3.8, 4) is 11.1 Å². The van der Waals surface area contributed by atoms with Crippen LogP contribution in [0.1, 0.15) is 40.2 Å². The highest BCUT2D eigenvalue weighted by molar-refractivity contribution is 5.98. The van der Waals surface area contributed by atoms with Crippen molar-refractivity contribution >= 4 is 23.7 Å². The van der Waals surface area contributed by atoms with Crippen molar-refractivity contribution in [1.29, 1.82) is 0 Å². The van der Waals surface area contributed by atoms with Crippen LogP contribution in [-0.4, -0.2) is 47.2 Å². The first-order valence-electron chi connectivity index (χ1n) is 11.4. The van der Waals surface area contributed by atoms with Crippen LogP contribution >= 0.6 is 0 Å². The summed E-state index contributed by atoms with van der Waals surface area (Å²) in [6.07, 6.45) is 0.130. The summed E-state index contributed by atoms with van der Waals surface area (Å²) in [6.45, 7) is 0.372. The Morgan fingerprint density at radius 3 is 2.31 bits per heavy atom. The molecular weight excluding hydrogens is 451 g/mol. The van der Waals surface area contributed by atoms with Gasteiger partial charge >= 0.3 is 12.1 Å². The minimum atomic E-state index is -1.09. The van der Waals surface area contributed by atoms with Crippen LogP contribution in [0.25, 0.3) is 11.1 Å². The van der Waals surface area contributed by atoms with Gasteiger partial charge in [0.15, 0.2) is 0 Å². The van der Waals surface area contributed by atoms with Gasteiger partial charge in [-0.05, 0) is 53.3 Å². The first kappa shape index (κ1) is 22.6. The van der Waals surface area contributed by atoms with E-state index < -0.39 is 29.8 Å². The maximum atomic E-state index is 14.3. The number of fused-ring (bicyclic) bond motifs is 3. The molecule has 1 aliphatic heterocycles. The lowest BCUT2D eigenvalue weighted by atomic mass is 9.98. The van der Waals surface area contributed by atoms with Crippen molar-refractivity contribution in [3.63, 3.8) is 0 Å². The molecule has 1 heterocycles. The minimum Gasteiger partial charge on any atom is -0.480 e. The third-order valence-electron chi connectivity index (χ3n) is 6.53. The van der Waals surface area contributed by atoms with Crippen molar-refractivity contribution in [1.82, 2.24) is 4.90 Å². The second-order valence-corrected chi connectivity index (χ2v) is 8.67.